The molecule has 124 valence electrons. The van der Waals surface area contributed by atoms with Crippen LogP contribution in [-0.2, 0) is 33.7 Å². The summed E-state index contributed by atoms with van der Waals surface area (Å²) in [5, 5.41) is 0. The van der Waals surface area contributed by atoms with E-state index in [1.54, 1.807) is 0 Å². The van der Waals surface area contributed by atoms with Crippen molar-refractivity contribution >= 4 is 0 Å². The first kappa shape index (κ1) is 17.5. The van der Waals surface area contributed by atoms with Gasteiger partial charge in [-0.05, 0) is 41.5 Å². The summed E-state index contributed by atoms with van der Waals surface area (Å²) in [5.74, 6) is 0. The average Bonchev–Trinajstić information content (AvgIpc) is 3.27. The van der Waals surface area contributed by atoms with E-state index in [2.05, 4.69) is 26.0 Å². The molecule has 0 aliphatic heterocycles. The second-order valence-corrected chi connectivity index (χ2v) is 5.95. The molecule has 0 unspecified atom stereocenters. The Morgan fingerprint density at radius 3 is 2.09 bits per heavy atom. The Hall–Kier alpha value is -0.900. The lowest BCUT2D eigenvalue weighted by atomic mass is 10.0. The monoisotopic (exact) mass is 306 g/mol. The smallest absolute Gasteiger partial charge is 0.0720 e. The lowest BCUT2D eigenvalue weighted by Gasteiger charge is -2.10. The molecule has 1 aliphatic rings. The van der Waals surface area contributed by atoms with Crippen molar-refractivity contribution in [1.29, 1.82) is 0 Å². The lowest BCUT2D eigenvalue weighted by Crippen LogP contribution is -2.10. The molecule has 0 fully saturated rings. The molecule has 0 spiro atoms. The van der Waals surface area contributed by atoms with Gasteiger partial charge in [0.05, 0.1) is 33.0 Å². The van der Waals surface area contributed by atoms with E-state index in [0.717, 1.165) is 19.4 Å². The molecule has 0 aromatic heterocycles. The SMILES string of the molecule is CCCCOCCOCCOCc1cc2c(cc1CCC)C2. The second-order valence-electron chi connectivity index (χ2n) is 5.95. The van der Waals surface area contributed by atoms with Gasteiger partial charge in [-0.2, -0.15) is 0 Å². The molecule has 0 bridgehead atoms. The molecular weight excluding hydrogens is 276 g/mol. The minimum atomic E-state index is 0.644. The van der Waals surface area contributed by atoms with Crippen molar-refractivity contribution in [3.63, 3.8) is 0 Å². The van der Waals surface area contributed by atoms with E-state index in [-0.39, 0.29) is 0 Å². The molecule has 0 saturated carbocycles. The quantitative estimate of drug-likeness (QED) is 0.525. The third-order valence-electron chi connectivity index (χ3n) is 3.94. The highest BCUT2D eigenvalue weighted by Crippen LogP contribution is 2.31. The number of hydrogen-bond acceptors (Lipinski definition) is 3. The molecule has 0 N–H and O–H groups in total. The summed E-state index contributed by atoms with van der Waals surface area (Å²) in [6.45, 7) is 8.59. The number of hydrogen-bond donors (Lipinski definition) is 0. The average molecular weight is 306 g/mol. The van der Waals surface area contributed by atoms with Crippen LogP contribution >= 0.6 is 0 Å². The molecular formula is C19H30O3. The van der Waals surface area contributed by atoms with E-state index in [1.807, 2.05) is 0 Å². The minimum Gasteiger partial charge on any atom is -0.379 e. The summed E-state index contributed by atoms with van der Waals surface area (Å²) in [5.41, 5.74) is 5.85. The fourth-order valence-corrected chi connectivity index (χ4v) is 2.56. The third-order valence-corrected chi connectivity index (χ3v) is 3.94. The minimum absolute atomic E-state index is 0.644. The summed E-state index contributed by atoms with van der Waals surface area (Å²) in [4.78, 5) is 0. The van der Waals surface area contributed by atoms with Gasteiger partial charge in [0.15, 0.2) is 0 Å². The van der Waals surface area contributed by atoms with Crippen LogP contribution < -0.4 is 0 Å². The standard InChI is InChI=1S/C19H30O3/c1-3-5-7-20-8-9-21-10-11-22-15-19-14-18-13-17(18)12-16(19)6-4-2/h12,14H,3-11,13,15H2,1-2H3. The molecule has 1 aromatic carbocycles. The van der Waals surface area contributed by atoms with Crippen LogP contribution in [0.5, 0.6) is 0 Å². The molecule has 2 rings (SSSR count). The van der Waals surface area contributed by atoms with Gasteiger partial charge in [0.1, 0.15) is 0 Å². The zero-order valence-corrected chi connectivity index (χ0v) is 14.2. The van der Waals surface area contributed by atoms with E-state index in [0.29, 0.717) is 33.0 Å². The highest BCUT2D eigenvalue weighted by Gasteiger charge is 2.19. The molecule has 0 heterocycles. The lowest BCUT2D eigenvalue weighted by molar-refractivity contribution is 0.0101. The zero-order valence-electron chi connectivity index (χ0n) is 14.2. The molecule has 1 aliphatic carbocycles. The Labute approximate surface area is 135 Å². The van der Waals surface area contributed by atoms with Crippen molar-refractivity contribution in [1.82, 2.24) is 0 Å². The van der Waals surface area contributed by atoms with Gasteiger partial charge in [-0.25, -0.2) is 0 Å². The molecule has 1 aromatic rings. The third kappa shape index (κ3) is 6.07. The Morgan fingerprint density at radius 2 is 1.41 bits per heavy atom. The van der Waals surface area contributed by atoms with Crippen molar-refractivity contribution in [3.8, 4) is 0 Å². The maximum atomic E-state index is 5.76. The van der Waals surface area contributed by atoms with Gasteiger partial charge in [-0.15, -0.1) is 0 Å². The molecule has 0 atom stereocenters. The maximum Gasteiger partial charge on any atom is 0.0720 e. The van der Waals surface area contributed by atoms with Crippen molar-refractivity contribution < 1.29 is 14.2 Å². The van der Waals surface area contributed by atoms with Gasteiger partial charge in [0.2, 0.25) is 0 Å². The van der Waals surface area contributed by atoms with Crippen molar-refractivity contribution in [3.05, 3.63) is 34.4 Å². The molecule has 3 nitrogen and oxygen atoms in total. The van der Waals surface area contributed by atoms with Crippen LogP contribution in [-0.4, -0.2) is 33.0 Å². The van der Waals surface area contributed by atoms with Crippen LogP contribution in [0.3, 0.4) is 0 Å². The summed E-state index contributed by atoms with van der Waals surface area (Å²) < 4.78 is 16.7. The van der Waals surface area contributed by atoms with Crippen LogP contribution in [0.2, 0.25) is 0 Å². The van der Waals surface area contributed by atoms with Crippen LogP contribution in [0.25, 0.3) is 0 Å². The zero-order chi connectivity index (χ0) is 15.6. The van der Waals surface area contributed by atoms with E-state index in [1.165, 1.54) is 41.5 Å². The van der Waals surface area contributed by atoms with Crippen LogP contribution in [0.1, 0.15) is 55.4 Å². The second kappa shape index (κ2) is 9.98. The van der Waals surface area contributed by atoms with Crippen molar-refractivity contribution in [2.24, 2.45) is 0 Å². The number of unbranched alkanes of at least 4 members (excludes halogenated alkanes) is 1. The fourth-order valence-electron chi connectivity index (χ4n) is 2.56. The number of aryl methyl sites for hydroxylation is 1. The van der Waals surface area contributed by atoms with Crippen molar-refractivity contribution in [2.75, 3.05) is 33.0 Å². The number of ether oxygens (including phenoxy) is 3. The first-order chi connectivity index (χ1) is 10.8. The van der Waals surface area contributed by atoms with Gasteiger partial charge >= 0.3 is 0 Å². The predicted octanol–water partition coefficient (Wildman–Crippen LogP) is 3.89. The Bertz CT molecular complexity index is 443. The molecule has 0 amide bonds. The van der Waals surface area contributed by atoms with Crippen LogP contribution in [0.15, 0.2) is 12.1 Å². The number of benzene rings is 1. The summed E-state index contributed by atoms with van der Waals surface area (Å²) in [6, 6.07) is 4.68. The summed E-state index contributed by atoms with van der Waals surface area (Å²) in [6.07, 6.45) is 5.82. The fraction of sp³-hybridized carbons (Fsp3) is 0.684. The van der Waals surface area contributed by atoms with Crippen LogP contribution in [0.4, 0.5) is 0 Å². The van der Waals surface area contributed by atoms with Gasteiger partial charge in [0, 0.05) is 6.61 Å². The largest absolute Gasteiger partial charge is 0.379 e. The van der Waals surface area contributed by atoms with Gasteiger partial charge < -0.3 is 14.2 Å². The Kier molecular flexibility index (Phi) is 7.92. The van der Waals surface area contributed by atoms with E-state index >= 15 is 0 Å². The molecule has 0 radical (unpaired) electrons. The van der Waals surface area contributed by atoms with Gasteiger partial charge in [0.25, 0.3) is 0 Å². The van der Waals surface area contributed by atoms with Gasteiger partial charge in [-0.3, -0.25) is 0 Å². The van der Waals surface area contributed by atoms with Gasteiger partial charge in [-0.1, -0.05) is 38.8 Å². The topological polar surface area (TPSA) is 27.7 Å². The molecule has 0 saturated heterocycles. The van der Waals surface area contributed by atoms with Crippen molar-refractivity contribution in [2.45, 2.75) is 52.6 Å². The Morgan fingerprint density at radius 1 is 0.773 bits per heavy atom. The predicted molar refractivity (Wildman–Crippen MR) is 89.4 cm³/mol. The highest BCUT2D eigenvalue weighted by molar-refractivity contribution is 5.50. The molecule has 3 heteroatoms. The van der Waals surface area contributed by atoms with E-state index in [4.69, 9.17) is 14.2 Å². The highest BCUT2D eigenvalue weighted by atomic mass is 16.5. The number of fused-ring (bicyclic) bond motifs is 1. The van der Waals surface area contributed by atoms with Crippen LogP contribution in [0, 0.1) is 0 Å². The van der Waals surface area contributed by atoms with E-state index in [9.17, 15) is 0 Å². The summed E-state index contributed by atoms with van der Waals surface area (Å²) in [7, 11) is 0. The first-order valence-electron chi connectivity index (χ1n) is 8.72. The Balaban J connectivity index is 1.53. The molecule has 22 heavy (non-hydrogen) atoms. The number of rotatable bonds is 13. The summed E-state index contributed by atoms with van der Waals surface area (Å²) >= 11 is 0. The first-order valence-corrected chi connectivity index (χ1v) is 8.72. The van der Waals surface area contributed by atoms with E-state index < -0.39 is 0 Å². The normalized spacial score (nSPS) is 12.5. The maximum absolute atomic E-state index is 5.76.